The van der Waals surface area contributed by atoms with Gasteiger partial charge in [-0.25, -0.2) is 0 Å². The molecule has 4 rings (SSSR count). The highest BCUT2D eigenvalue weighted by molar-refractivity contribution is 7.99. The van der Waals surface area contributed by atoms with Crippen LogP contribution in [0.5, 0.6) is 0 Å². The van der Waals surface area contributed by atoms with E-state index in [1.165, 1.54) is 16.0 Å². The van der Waals surface area contributed by atoms with Crippen molar-refractivity contribution in [1.82, 2.24) is 4.90 Å². The number of benzene rings is 3. The second-order valence-corrected chi connectivity index (χ2v) is 8.48. The molecule has 1 amide bonds. The minimum Gasteiger partial charge on any atom is -0.338 e. The third kappa shape index (κ3) is 4.66. The van der Waals surface area contributed by atoms with Crippen LogP contribution in [0.2, 0.25) is 0 Å². The fourth-order valence-electron chi connectivity index (χ4n) is 3.92. The van der Waals surface area contributed by atoms with Crippen molar-refractivity contribution in [3.8, 4) is 0 Å². The van der Waals surface area contributed by atoms with Gasteiger partial charge in [0.25, 0.3) is 0 Å². The summed E-state index contributed by atoms with van der Waals surface area (Å²) in [6, 6.07) is 31.3. The van der Waals surface area contributed by atoms with Gasteiger partial charge in [-0.05, 0) is 35.6 Å². The Morgan fingerprint density at radius 1 is 0.786 bits per heavy atom. The van der Waals surface area contributed by atoms with Crippen LogP contribution in [0.1, 0.15) is 11.1 Å². The molecule has 142 valence electrons. The summed E-state index contributed by atoms with van der Waals surface area (Å²) in [7, 11) is 0. The Bertz CT molecular complexity index is 882. The predicted molar refractivity (Wildman–Crippen MR) is 116 cm³/mol. The normalized spacial score (nSPS) is 19.1. The Balaban J connectivity index is 1.49. The van der Waals surface area contributed by atoms with E-state index in [0.717, 1.165) is 18.7 Å². The largest absolute Gasteiger partial charge is 0.338 e. The molecule has 28 heavy (non-hydrogen) atoms. The summed E-state index contributed by atoms with van der Waals surface area (Å²) in [5, 5.41) is 0. The van der Waals surface area contributed by atoms with Crippen LogP contribution in [0.25, 0.3) is 0 Å². The number of carbonyl (C=O) groups excluding carboxylic acids is 1. The molecule has 0 saturated carbocycles. The SMILES string of the molecule is O=C1[C@H](CSc2ccccc2)[C@H](Cc2ccccc2)CN1Cc1ccccc1. The maximum atomic E-state index is 13.2. The molecular formula is C25H25NOS. The van der Waals surface area contributed by atoms with E-state index in [9.17, 15) is 4.79 Å². The Morgan fingerprint density at radius 2 is 1.36 bits per heavy atom. The van der Waals surface area contributed by atoms with Gasteiger partial charge in [0.1, 0.15) is 0 Å². The van der Waals surface area contributed by atoms with E-state index in [1.807, 2.05) is 30.3 Å². The summed E-state index contributed by atoms with van der Waals surface area (Å²) in [5.41, 5.74) is 2.52. The van der Waals surface area contributed by atoms with Gasteiger partial charge in [0.2, 0.25) is 5.91 Å². The van der Waals surface area contributed by atoms with E-state index in [0.29, 0.717) is 18.4 Å². The standard InChI is InChI=1S/C25H25NOS/c27-25-24(19-28-23-14-8-3-9-15-23)22(16-20-10-4-1-5-11-20)18-26(25)17-21-12-6-2-7-13-21/h1-15,22,24H,16-19H2/t22-,24-/m1/s1. The summed E-state index contributed by atoms with van der Waals surface area (Å²) in [6.07, 6.45) is 0.956. The zero-order valence-electron chi connectivity index (χ0n) is 15.9. The lowest BCUT2D eigenvalue weighted by atomic mass is 9.90. The highest BCUT2D eigenvalue weighted by atomic mass is 32.2. The second-order valence-electron chi connectivity index (χ2n) is 7.38. The molecule has 2 nitrogen and oxygen atoms in total. The monoisotopic (exact) mass is 387 g/mol. The number of amides is 1. The minimum atomic E-state index is 0.0640. The molecule has 0 aromatic heterocycles. The van der Waals surface area contributed by atoms with Gasteiger partial charge in [0.15, 0.2) is 0 Å². The fraction of sp³-hybridized carbons (Fsp3) is 0.240. The van der Waals surface area contributed by atoms with Crippen molar-refractivity contribution in [2.24, 2.45) is 11.8 Å². The number of hydrogen-bond acceptors (Lipinski definition) is 2. The smallest absolute Gasteiger partial charge is 0.227 e. The van der Waals surface area contributed by atoms with Crippen LogP contribution in [0.4, 0.5) is 0 Å². The highest BCUT2D eigenvalue weighted by Crippen LogP contribution is 2.33. The van der Waals surface area contributed by atoms with Crippen LogP contribution >= 0.6 is 11.8 Å². The summed E-state index contributed by atoms with van der Waals surface area (Å²) in [4.78, 5) is 16.5. The Morgan fingerprint density at radius 3 is 2.00 bits per heavy atom. The van der Waals surface area contributed by atoms with E-state index in [4.69, 9.17) is 0 Å². The first-order chi connectivity index (χ1) is 13.8. The first-order valence-corrected chi connectivity index (χ1v) is 10.8. The van der Waals surface area contributed by atoms with Gasteiger partial charge in [-0.15, -0.1) is 11.8 Å². The zero-order chi connectivity index (χ0) is 19.2. The molecule has 0 radical (unpaired) electrons. The van der Waals surface area contributed by atoms with Gasteiger partial charge >= 0.3 is 0 Å². The van der Waals surface area contributed by atoms with Crippen molar-refractivity contribution in [1.29, 1.82) is 0 Å². The van der Waals surface area contributed by atoms with Crippen molar-refractivity contribution in [3.05, 3.63) is 102 Å². The molecule has 1 saturated heterocycles. The number of nitrogens with zero attached hydrogens (tertiary/aromatic N) is 1. The quantitative estimate of drug-likeness (QED) is 0.513. The summed E-state index contributed by atoms with van der Waals surface area (Å²) < 4.78 is 0. The van der Waals surface area contributed by atoms with Gasteiger partial charge in [-0.1, -0.05) is 78.9 Å². The average molecular weight is 388 g/mol. The molecule has 0 spiro atoms. The number of carbonyl (C=O) groups is 1. The zero-order valence-corrected chi connectivity index (χ0v) is 16.7. The third-order valence-corrected chi connectivity index (χ3v) is 6.51. The van der Waals surface area contributed by atoms with Gasteiger partial charge in [-0.2, -0.15) is 0 Å². The number of rotatable bonds is 7. The van der Waals surface area contributed by atoms with Crippen molar-refractivity contribution in [2.75, 3.05) is 12.3 Å². The van der Waals surface area contributed by atoms with Crippen LogP contribution in [0, 0.1) is 11.8 Å². The molecular weight excluding hydrogens is 362 g/mol. The van der Waals surface area contributed by atoms with Crippen LogP contribution < -0.4 is 0 Å². The first-order valence-electron chi connectivity index (χ1n) is 9.84. The average Bonchev–Trinajstić information content (AvgIpc) is 3.03. The Kier molecular flexibility index (Phi) is 6.13. The number of hydrogen-bond donors (Lipinski definition) is 0. The Hall–Kier alpha value is -2.52. The van der Waals surface area contributed by atoms with Crippen LogP contribution in [-0.4, -0.2) is 23.1 Å². The van der Waals surface area contributed by atoms with Crippen molar-refractivity contribution in [3.63, 3.8) is 0 Å². The van der Waals surface area contributed by atoms with Gasteiger partial charge in [0.05, 0.1) is 5.92 Å². The van der Waals surface area contributed by atoms with Gasteiger partial charge in [-0.3, -0.25) is 4.79 Å². The molecule has 0 bridgehead atoms. The topological polar surface area (TPSA) is 20.3 Å². The number of thioether (sulfide) groups is 1. The van der Waals surface area contributed by atoms with Crippen LogP contribution in [-0.2, 0) is 17.8 Å². The molecule has 0 unspecified atom stereocenters. The Labute approximate surface area is 171 Å². The minimum absolute atomic E-state index is 0.0640. The van der Waals surface area contributed by atoms with Crippen molar-refractivity contribution < 1.29 is 4.79 Å². The molecule has 1 heterocycles. The van der Waals surface area contributed by atoms with Crippen molar-refractivity contribution >= 4 is 17.7 Å². The lowest BCUT2D eigenvalue weighted by Gasteiger charge is -2.16. The molecule has 1 aliphatic rings. The van der Waals surface area contributed by atoms with Crippen LogP contribution in [0.15, 0.2) is 95.9 Å². The highest BCUT2D eigenvalue weighted by Gasteiger charge is 2.39. The van der Waals surface area contributed by atoms with E-state index >= 15 is 0 Å². The third-order valence-electron chi connectivity index (χ3n) is 5.38. The van der Waals surface area contributed by atoms with E-state index < -0.39 is 0 Å². The van der Waals surface area contributed by atoms with E-state index in [2.05, 4.69) is 65.6 Å². The predicted octanol–water partition coefficient (Wildman–Crippen LogP) is 5.30. The lowest BCUT2D eigenvalue weighted by molar-refractivity contribution is -0.131. The molecule has 3 heteroatoms. The summed E-state index contributed by atoms with van der Waals surface area (Å²) in [5.74, 6) is 1.56. The maximum Gasteiger partial charge on any atom is 0.227 e. The molecule has 3 aromatic carbocycles. The van der Waals surface area contributed by atoms with Crippen LogP contribution in [0.3, 0.4) is 0 Å². The second kappa shape index (κ2) is 9.11. The summed E-state index contributed by atoms with van der Waals surface area (Å²) >= 11 is 1.80. The molecule has 1 fully saturated rings. The van der Waals surface area contributed by atoms with Gasteiger partial charge in [0, 0.05) is 23.7 Å². The molecule has 0 N–H and O–H groups in total. The fourth-order valence-corrected chi connectivity index (χ4v) is 5.05. The molecule has 1 aliphatic heterocycles. The lowest BCUT2D eigenvalue weighted by Crippen LogP contribution is -2.27. The summed E-state index contributed by atoms with van der Waals surface area (Å²) in [6.45, 7) is 1.54. The van der Waals surface area contributed by atoms with Gasteiger partial charge < -0.3 is 4.90 Å². The number of likely N-dealkylation sites (tertiary alicyclic amines) is 1. The maximum absolute atomic E-state index is 13.2. The first kappa shape index (κ1) is 18.8. The molecule has 0 aliphatic carbocycles. The van der Waals surface area contributed by atoms with Crippen molar-refractivity contribution in [2.45, 2.75) is 17.9 Å². The molecule has 3 aromatic rings. The van der Waals surface area contributed by atoms with E-state index in [-0.39, 0.29) is 5.92 Å². The van der Waals surface area contributed by atoms with E-state index in [1.54, 1.807) is 11.8 Å². The molecule has 2 atom stereocenters.